The van der Waals surface area contributed by atoms with Gasteiger partial charge in [0, 0.05) is 30.3 Å². The van der Waals surface area contributed by atoms with Crippen LogP contribution in [0.1, 0.15) is 32.3 Å². The van der Waals surface area contributed by atoms with Gasteiger partial charge in [-0.3, -0.25) is 9.35 Å². The minimum Gasteiger partial charge on any atom is -0.497 e. The fourth-order valence-corrected chi connectivity index (χ4v) is 3.77. The first kappa shape index (κ1) is 19.3. The Morgan fingerprint density at radius 3 is 2.56 bits per heavy atom. The van der Waals surface area contributed by atoms with Crippen LogP contribution in [0.5, 0.6) is 5.75 Å². The van der Waals surface area contributed by atoms with Crippen LogP contribution in [0.2, 0.25) is 0 Å². The SMILES string of the molecule is COc1ccc2c(c1)N(CCCC(=O)O)C(C)(C)C=C2CS(=O)(=O)O. The lowest BCUT2D eigenvalue weighted by molar-refractivity contribution is -0.137. The number of carboxylic acids is 1. The molecule has 0 aromatic heterocycles. The third-order valence-corrected chi connectivity index (χ3v) is 4.85. The first-order chi connectivity index (χ1) is 11.5. The number of hydrogen-bond acceptors (Lipinski definition) is 5. The van der Waals surface area contributed by atoms with Gasteiger partial charge in [-0.1, -0.05) is 6.08 Å². The molecule has 8 heteroatoms. The number of benzene rings is 1. The second-order valence-electron chi connectivity index (χ2n) is 6.58. The van der Waals surface area contributed by atoms with Crippen LogP contribution in [0.25, 0.3) is 5.57 Å². The van der Waals surface area contributed by atoms with Crippen molar-refractivity contribution in [3.63, 3.8) is 0 Å². The molecular formula is C17H23NO6S. The molecule has 1 heterocycles. The summed E-state index contributed by atoms with van der Waals surface area (Å²) in [5.74, 6) is -0.715. The van der Waals surface area contributed by atoms with Crippen molar-refractivity contribution in [1.82, 2.24) is 0 Å². The summed E-state index contributed by atoms with van der Waals surface area (Å²) < 4.78 is 37.3. The second-order valence-corrected chi connectivity index (χ2v) is 8.03. The monoisotopic (exact) mass is 369 g/mol. The molecule has 0 unspecified atom stereocenters. The Balaban J connectivity index is 2.48. The number of nitrogens with zero attached hydrogens (tertiary/aromatic N) is 1. The lowest BCUT2D eigenvalue weighted by Crippen LogP contribution is -2.46. The van der Waals surface area contributed by atoms with E-state index in [1.807, 2.05) is 18.7 Å². The average molecular weight is 369 g/mol. The highest BCUT2D eigenvalue weighted by atomic mass is 32.2. The van der Waals surface area contributed by atoms with Crippen molar-refractivity contribution >= 4 is 27.3 Å². The standard InChI is InChI=1S/C17H23NO6S/c1-17(2)10-12(11-25(21,22)23)14-7-6-13(24-3)9-15(14)18(17)8-4-5-16(19)20/h6-7,9-10H,4-5,8,11H2,1-3H3,(H,19,20)(H,21,22,23). The summed E-state index contributed by atoms with van der Waals surface area (Å²) in [6, 6.07) is 5.28. The highest BCUT2D eigenvalue weighted by Gasteiger charge is 2.33. The van der Waals surface area contributed by atoms with Gasteiger partial charge in [0.1, 0.15) is 11.5 Å². The number of ether oxygens (including phenoxy) is 1. The molecule has 0 bridgehead atoms. The predicted octanol–water partition coefficient (Wildman–Crippen LogP) is 2.43. The van der Waals surface area contributed by atoms with Crippen LogP contribution < -0.4 is 9.64 Å². The number of methoxy groups -OCH3 is 1. The Hall–Kier alpha value is -2.06. The Kier molecular flexibility index (Phi) is 5.43. The third kappa shape index (κ3) is 4.73. The fraction of sp³-hybridized carbons (Fsp3) is 0.471. The van der Waals surface area contributed by atoms with Gasteiger partial charge in [-0.05, 0) is 38.0 Å². The summed E-state index contributed by atoms with van der Waals surface area (Å²) in [5, 5.41) is 8.88. The maximum absolute atomic E-state index is 11.4. The van der Waals surface area contributed by atoms with E-state index < -0.39 is 27.4 Å². The third-order valence-electron chi connectivity index (χ3n) is 4.18. The largest absolute Gasteiger partial charge is 0.497 e. The van der Waals surface area contributed by atoms with Crippen LogP contribution in [0.3, 0.4) is 0 Å². The van der Waals surface area contributed by atoms with Crippen LogP contribution >= 0.6 is 0 Å². The van der Waals surface area contributed by atoms with Gasteiger partial charge in [0.2, 0.25) is 0 Å². The molecule has 7 nitrogen and oxygen atoms in total. The zero-order chi connectivity index (χ0) is 18.8. The molecule has 138 valence electrons. The number of aliphatic carboxylic acids is 1. The van der Waals surface area contributed by atoms with E-state index in [0.29, 0.717) is 29.9 Å². The molecule has 2 rings (SSSR count). The first-order valence-electron chi connectivity index (χ1n) is 7.88. The van der Waals surface area contributed by atoms with Gasteiger partial charge in [0.05, 0.1) is 12.6 Å². The Morgan fingerprint density at radius 2 is 2.00 bits per heavy atom. The van der Waals surface area contributed by atoms with Crippen molar-refractivity contribution in [3.8, 4) is 5.75 Å². The fourth-order valence-electron chi connectivity index (χ4n) is 3.14. The summed E-state index contributed by atoms with van der Waals surface area (Å²) >= 11 is 0. The van der Waals surface area contributed by atoms with E-state index in [4.69, 9.17) is 9.84 Å². The van der Waals surface area contributed by atoms with Gasteiger partial charge < -0.3 is 14.7 Å². The minimum atomic E-state index is -4.17. The van der Waals surface area contributed by atoms with Crippen molar-refractivity contribution in [3.05, 3.63) is 29.8 Å². The summed E-state index contributed by atoms with van der Waals surface area (Å²) in [7, 11) is -2.63. The first-order valence-corrected chi connectivity index (χ1v) is 9.49. The zero-order valence-electron chi connectivity index (χ0n) is 14.5. The molecule has 1 aromatic rings. The molecule has 1 aliphatic heterocycles. The Bertz CT molecular complexity index is 797. The summed E-state index contributed by atoms with van der Waals surface area (Å²) in [5.41, 5.74) is 1.42. The van der Waals surface area contributed by atoms with Crippen LogP contribution in [0.15, 0.2) is 24.3 Å². The number of carbonyl (C=O) groups is 1. The normalized spacial score (nSPS) is 16.2. The van der Waals surface area contributed by atoms with Crippen molar-refractivity contribution in [2.24, 2.45) is 0 Å². The van der Waals surface area contributed by atoms with Crippen LogP contribution in [0.4, 0.5) is 5.69 Å². The molecule has 0 radical (unpaired) electrons. The van der Waals surface area contributed by atoms with E-state index in [1.54, 1.807) is 31.4 Å². The quantitative estimate of drug-likeness (QED) is 0.711. The van der Waals surface area contributed by atoms with E-state index >= 15 is 0 Å². The lowest BCUT2D eigenvalue weighted by Gasteiger charge is -2.43. The molecule has 25 heavy (non-hydrogen) atoms. The van der Waals surface area contributed by atoms with Crippen molar-refractivity contribution in [1.29, 1.82) is 0 Å². The molecule has 0 saturated heterocycles. The van der Waals surface area contributed by atoms with Crippen molar-refractivity contribution < 1.29 is 27.6 Å². The van der Waals surface area contributed by atoms with E-state index in [1.165, 1.54) is 0 Å². The van der Waals surface area contributed by atoms with Gasteiger partial charge in [-0.2, -0.15) is 8.42 Å². The van der Waals surface area contributed by atoms with Crippen molar-refractivity contribution in [2.75, 3.05) is 24.3 Å². The Labute approximate surface area is 147 Å². The lowest BCUT2D eigenvalue weighted by atomic mass is 9.88. The van der Waals surface area contributed by atoms with Gasteiger partial charge in [-0.15, -0.1) is 0 Å². The summed E-state index contributed by atoms with van der Waals surface area (Å²) in [6.07, 6.45) is 2.31. The maximum atomic E-state index is 11.4. The summed E-state index contributed by atoms with van der Waals surface area (Å²) in [4.78, 5) is 12.8. The molecule has 0 spiro atoms. The predicted molar refractivity (Wildman–Crippen MR) is 95.7 cm³/mol. The number of carboxylic acid groups (broad SMARTS) is 1. The smallest absolute Gasteiger partial charge is 0.303 e. The average Bonchev–Trinajstić information content (AvgIpc) is 2.47. The number of fused-ring (bicyclic) bond motifs is 1. The number of anilines is 1. The van der Waals surface area contributed by atoms with Gasteiger partial charge >= 0.3 is 5.97 Å². The van der Waals surface area contributed by atoms with Gasteiger partial charge in [0.25, 0.3) is 10.1 Å². The minimum absolute atomic E-state index is 0.0491. The number of hydrogen-bond donors (Lipinski definition) is 2. The van der Waals surface area contributed by atoms with Crippen LogP contribution in [0, 0.1) is 0 Å². The number of rotatable bonds is 7. The molecule has 1 aliphatic rings. The zero-order valence-corrected chi connectivity index (χ0v) is 15.3. The maximum Gasteiger partial charge on any atom is 0.303 e. The molecule has 0 amide bonds. The van der Waals surface area contributed by atoms with Crippen molar-refractivity contribution in [2.45, 2.75) is 32.2 Å². The van der Waals surface area contributed by atoms with Gasteiger partial charge in [0.15, 0.2) is 0 Å². The van der Waals surface area contributed by atoms with Crippen LogP contribution in [-0.2, 0) is 14.9 Å². The van der Waals surface area contributed by atoms with E-state index in [9.17, 15) is 17.8 Å². The van der Waals surface area contributed by atoms with E-state index in [-0.39, 0.29) is 6.42 Å². The van der Waals surface area contributed by atoms with Gasteiger partial charge in [-0.25, -0.2) is 0 Å². The molecule has 0 atom stereocenters. The summed E-state index contributed by atoms with van der Waals surface area (Å²) in [6.45, 7) is 4.33. The Morgan fingerprint density at radius 1 is 1.32 bits per heavy atom. The molecule has 0 saturated carbocycles. The molecule has 1 aromatic carbocycles. The van der Waals surface area contributed by atoms with Crippen LogP contribution in [-0.4, -0.2) is 49.0 Å². The van der Waals surface area contributed by atoms with E-state index in [0.717, 1.165) is 5.69 Å². The molecular weight excluding hydrogens is 346 g/mol. The topological polar surface area (TPSA) is 104 Å². The highest BCUT2D eigenvalue weighted by Crippen LogP contribution is 2.41. The highest BCUT2D eigenvalue weighted by molar-refractivity contribution is 7.86. The molecule has 2 N–H and O–H groups in total. The molecule has 0 aliphatic carbocycles. The van der Waals surface area contributed by atoms with E-state index in [2.05, 4.69) is 0 Å². The second kappa shape index (κ2) is 7.05. The molecule has 0 fully saturated rings.